The van der Waals surface area contributed by atoms with E-state index in [1.165, 1.54) is 12.1 Å². The van der Waals surface area contributed by atoms with E-state index in [0.29, 0.717) is 13.1 Å². The van der Waals surface area contributed by atoms with Gasteiger partial charge >= 0.3 is 0 Å². The summed E-state index contributed by atoms with van der Waals surface area (Å²) in [6.45, 7) is 3.38. The smallest absolute Gasteiger partial charge is 0.260 e. The Bertz CT molecular complexity index is 1020. The van der Waals surface area contributed by atoms with E-state index >= 15 is 0 Å². The van der Waals surface area contributed by atoms with Crippen LogP contribution in [0, 0.1) is 5.82 Å². The number of aromatic nitrogens is 1. The van der Waals surface area contributed by atoms with Gasteiger partial charge in [0.25, 0.3) is 5.91 Å². The maximum atomic E-state index is 13.6. The number of amides is 1. The minimum atomic E-state index is -0.461. The summed E-state index contributed by atoms with van der Waals surface area (Å²) in [6, 6.07) is 14.0. The van der Waals surface area contributed by atoms with Crippen LogP contribution in [0.3, 0.4) is 0 Å². The Morgan fingerprint density at radius 3 is 2.50 bits per heavy atom. The molecular formula is C23H25ClFN3O3S. The molecule has 0 spiro atoms. The zero-order chi connectivity index (χ0) is 21.6. The fourth-order valence-corrected chi connectivity index (χ4v) is 4.26. The summed E-state index contributed by atoms with van der Waals surface area (Å²) in [5, 5.41) is 3.12. The van der Waals surface area contributed by atoms with Crippen molar-refractivity contribution in [1.82, 2.24) is 14.8 Å². The monoisotopic (exact) mass is 477 g/mol. The van der Waals surface area contributed by atoms with Gasteiger partial charge in [0.05, 0.1) is 19.3 Å². The van der Waals surface area contributed by atoms with Crippen molar-refractivity contribution in [2.75, 3.05) is 39.9 Å². The Morgan fingerprint density at radius 2 is 1.81 bits per heavy atom. The fraction of sp³-hybridized carbons (Fsp3) is 0.304. The molecular weight excluding hydrogens is 453 g/mol. The number of piperazine rings is 1. The number of halogens is 2. The summed E-state index contributed by atoms with van der Waals surface area (Å²) in [4.78, 5) is 21.2. The number of hydrogen-bond donors (Lipinski definition) is 0. The predicted octanol–water partition coefficient (Wildman–Crippen LogP) is 4.10. The molecule has 0 N–H and O–H groups in total. The van der Waals surface area contributed by atoms with Gasteiger partial charge in [-0.25, -0.2) is 9.37 Å². The first-order valence-corrected chi connectivity index (χ1v) is 11.0. The molecule has 0 saturated carbocycles. The average Bonchev–Trinajstić information content (AvgIpc) is 3.27. The van der Waals surface area contributed by atoms with E-state index in [1.807, 2.05) is 24.3 Å². The van der Waals surface area contributed by atoms with Gasteiger partial charge < -0.3 is 14.4 Å². The van der Waals surface area contributed by atoms with E-state index in [9.17, 15) is 9.18 Å². The van der Waals surface area contributed by atoms with Crippen molar-refractivity contribution in [1.29, 1.82) is 0 Å². The molecule has 2 heterocycles. The van der Waals surface area contributed by atoms with Gasteiger partial charge in [-0.1, -0.05) is 12.1 Å². The van der Waals surface area contributed by atoms with Crippen LogP contribution in [0.25, 0.3) is 11.3 Å². The van der Waals surface area contributed by atoms with E-state index in [1.54, 1.807) is 35.5 Å². The molecule has 4 rings (SSSR count). The standard InChI is InChI=1S/C23H24FN3O3S.ClH/c1-29-18-8-6-17(7-9-18)20-16-31-22(25-20)14-26-10-12-27(13-11-26)23(28)15-30-21-5-3-2-4-19(21)24;/h2-9,16H,10-15H2,1H3;1H. The Kier molecular flexibility index (Phi) is 8.44. The van der Waals surface area contributed by atoms with Crippen LogP contribution >= 0.6 is 23.7 Å². The third kappa shape index (κ3) is 5.97. The number of para-hydroxylation sites is 1. The van der Waals surface area contributed by atoms with Crippen LogP contribution in [0.5, 0.6) is 11.5 Å². The summed E-state index contributed by atoms with van der Waals surface area (Å²) < 4.78 is 24.2. The van der Waals surface area contributed by atoms with E-state index in [4.69, 9.17) is 14.5 Å². The molecule has 2 aromatic carbocycles. The molecule has 1 aromatic heterocycles. The molecule has 1 aliphatic heterocycles. The number of carbonyl (C=O) groups excluding carboxylic acids is 1. The molecule has 170 valence electrons. The topological polar surface area (TPSA) is 54.9 Å². The van der Waals surface area contributed by atoms with Crippen molar-refractivity contribution in [3.63, 3.8) is 0 Å². The van der Waals surface area contributed by atoms with Gasteiger partial charge in [-0.15, -0.1) is 23.7 Å². The van der Waals surface area contributed by atoms with Gasteiger partial charge in [-0.3, -0.25) is 9.69 Å². The van der Waals surface area contributed by atoms with Gasteiger partial charge in [0, 0.05) is 37.1 Å². The lowest BCUT2D eigenvalue weighted by molar-refractivity contribution is -0.135. The minimum absolute atomic E-state index is 0. The first-order valence-electron chi connectivity index (χ1n) is 10.1. The third-order valence-electron chi connectivity index (χ3n) is 5.21. The highest BCUT2D eigenvalue weighted by molar-refractivity contribution is 7.09. The Balaban J connectivity index is 0.00000289. The number of methoxy groups -OCH3 is 1. The highest BCUT2D eigenvalue weighted by atomic mass is 35.5. The maximum absolute atomic E-state index is 13.6. The number of hydrogen-bond acceptors (Lipinski definition) is 6. The van der Waals surface area contributed by atoms with Crippen LogP contribution in [0.1, 0.15) is 5.01 Å². The summed E-state index contributed by atoms with van der Waals surface area (Å²) >= 11 is 1.64. The predicted molar refractivity (Wildman–Crippen MR) is 125 cm³/mol. The highest BCUT2D eigenvalue weighted by Gasteiger charge is 2.22. The lowest BCUT2D eigenvalue weighted by atomic mass is 10.2. The first-order chi connectivity index (χ1) is 15.1. The molecule has 0 aliphatic carbocycles. The molecule has 3 aromatic rings. The number of carbonyl (C=O) groups is 1. The maximum Gasteiger partial charge on any atom is 0.260 e. The summed E-state index contributed by atoms with van der Waals surface area (Å²) in [6.07, 6.45) is 0. The number of nitrogens with zero attached hydrogens (tertiary/aromatic N) is 3. The summed E-state index contributed by atoms with van der Waals surface area (Å²) in [7, 11) is 1.65. The SMILES string of the molecule is COc1ccc(-c2csc(CN3CCN(C(=O)COc4ccccc4F)CC3)n2)cc1.Cl. The highest BCUT2D eigenvalue weighted by Crippen LogP contribution is 2.25. The second-order valence-electron chi connectivity index (χ2n) is 7.23. The Labute approximate surface area is 197 Å². The first kappa shape index (κ1) is 24.0. The van der Waals surface area contributed by atoms with Crippen molar-refractivity contribution < 1.29 is 18.7 Å². The molecule has 6 nitrogen and oxygen atoms in total. The molecule has 32 heavy (non-hydrogen) atoms. The number of benzene rings is 2. The van der Waals surface area contributed by atoms with Crippen LogP contribution in [-0.2, 0) is 11.3 Å². The molecule has 1 aliphatic rings. The number of thiazole rings is 1. The molecule has 0 atom stereocenters. The summed E-state index contributed by atoms with van der Waals surface area (Å²) in [5.41, 5.74) is 2.02. The number of rotatable bonds is 7. The second kappa shape index (κ2) is 11.3. The molecule has 0 unspecified atom stereocenters. The van der Waals surface area contributed by atoms with E-state index < -0.39 is 5.82 Å². The van der Waals surface area contributed by atoms with Gasteiger partial charge in [0.15, 0.2) is 18.2 Å². The lowest BCUT2D eigenvalue weighted by Crippen LogP contribution is -2.49. The van der Waals surface area contributed by atoms with Crippen LogP contribution in [-0.4, -0.2) is 60.6 Å². The minimum Gasteiger partial charge on any atom is -0.497 e. The average molecular weight is 478 g/mol. The van der Waals surface area contributed by atoms with E-state index in [-0.39, 0.29) is 30.7 Å². The molecule has 0 bridgehead atoms. The van der Waals surface area contributed by atoms with Gasteiger partial charge in [-0.05, 0) is 36.4 Å². The van der Waals surface area contributed by atoms with Crippen molar-refractivity contribution in [3.8, 4) is 22.8 Å². The lowest BCUT2D eigenvalue weighted by Gasteiger charge is -2.34. The van der Waals surface area contributed by atoms with Crippen molar-refractivity contribution in [2.45, 2.75) is 6.54 Å². The normalized spacial score (nSPS) is 14.0. The number of ether oxygens (including phenoxy) is 2. The van der Waals surface area contributed by atoms with Gasteiger partial charge in [0.2, 0.25) is 0 Å². The van der Waals surface area contributed by atoms with Gasteiger partial charge in [0.1, 0.15) is 10.8 Å². The zero-order valence-electron chi connectivity index (χ0n) is 17.7. The van der Waals surface area contributed by atoms with Crippen molar-refractivity contribution in [3.05, 3.63) is 64.7 Å². The Hall–Kier alpha value is -2.68. The largest absolute Gasteiger partial charge is 0.497 e. The fourth-order valence-electron chi connectivity index (χ4n) is 3.42. The van der Waals surface area contributed by atoms with E-state index in [2.05, 4.69) is 10.3 Å². The van der Waals surface area contributed by atoms with Crippen LogP contribution in [0.4, 0.5) is 4.39 Å². The summed E-state index contributed by atoms with van der Waals surface area (Å²) in [5.74, 6) is 0.341. The third-order valence-corrected chi connectivity index (χ3v) is 6.04. The quantitative estimate of drug-likeness (QED) is 0.512. The molecule has 0 radical (unpaired) electrons. The molecule has 1 amide bonds. The van der Waals surface area contributed by atoms with Crippen LogP contribution in [0.15, 0.2) is 53.9 Å². The van der Waals surface area contributed by atoms with E-state index in [0.717, 1.165) is 41.6 Å². The van der Waals surface area contributed by atoms with Crippen LogP contribution < -0.4 is 9.47 Å². The van der Waals surface area contributed by atoms with Crippen molar-refractivity contribution in [2.24, 2.45) is 0 Å². The van der Waals surface area contributed by atoms with Crippen LogP contribution in [0.2, 0.25) is 0 Å². The second-order valence-corrected chi connectivity index (χ2v) is 8.17. The van der Waals surface area contributed by atoms with Crippen molar-refractivity contribution >= 4 is 29.7 Å². The molecule has 1 fully saturated rings. The zero-order valence-corrected chi connectivity index (χ0v) is 19.3. The van der Waals surface area contributed by atoms with Gasteiger partial charge in [-0.2, -0.15) is 0 Å². The molecule has 1 saturated heterocycles. The Morgan fingerprint density at radius 1 is 1.09 bits per heavy atom. The molecule has 9 heteroatoms.